The highest BCUT2D eigenvalue weighted by Gasteiger charge is 2.09. The number of thioether (sulfide) groups is 1. The molecule has 0 fully saturated rings. The average molecular weight is 296 g/mol. The highest BCUT2D eigenvalue weighted by Crippen LogP contribution is 2.17. The number of carboxylic acids is 1. The number of amides is 2. The molecule has 0 radical (unpaired) electrons. The highest BCUT2D eigenvalue weighted by atomic mass is 32.2. The van der Waals surface area contributed by atoms with Gasteiger partial charge >= 0.3 is 12.0 Å². The van der Waals surface area contributed by atoms with Crippen LogP contribution in [0.1, 0.15) is 29.3 Å². The Morgan fingerprint density at radius 2 is 2.10 bits per heavy atom. The largest absolute Gasteiger partial charge is 0.478 e. The van der Waals surface area contributed by atoms with Gasteiger partial charge in [-0.1, -0.05) is 13.0 Å². The van der Waals surface area contributed by atoms with Gasteiger partial charge in [0.05, 0.1) is 5.56 Å². The molecule has 20 heavy (non-hydrogen) atoms. The zero-order chi connectivity index (χ0) is 15.1. The van der Waals surface area contributed by atoms with Crippen molar-refractivity contribution in [2.75, 3.05) is 18.1 Å². The van der Waals surface area contributed by atoms with Crippen molar-refractivity contribution in [1.82, 2.24) is 5.32 Å². The lowest BCUT2D eigenvalue weighted by atomic mass is 10.1. The van der Waals surface area contributed by atoms with Crippen LogP contribution in [0.15, 0.2) is 18.2 Å². The molecule has 0 saturated carbocycles. The second-order valence-electron chi connectivity index (χ2n) is 4.55. The maximum Gasteiger partial charge on any atom is 0.335 e. The number of aryl methyl sites for hydroxylation is 1. The molecular weight excluding hydrogens is 276 g/mol. The summed E-state index contributed by atoms with van der Waals surface area (Å²) >= 11 is 1.75. The van der Waals surface area contributed by atoms with Crippen LogP contribution in [-0.2, 0) is 0 Å². The van der Waals surface area contributed by atoms with Crippen molar-refractivity contribution in [3.05, 3.63) is 29.3 Å². The number of hydrogen-bond acceptors (Lipinski definition) is 3. The number of aromatic carboxylic acids is 1. The van der Waals surface area contributed by atoms with E-state index in [9.17, 15) is 9.59 Å². The van der Waals surface area contributed by atoms with Gasteiger partial charge in [0.15, 0.2) is 0 Å². The van der Waals surface area contributed by atoms with Gasteiger partial charge in [0.1, 0.15) is 0 Å². The second kappa shape index (κ2) is 7.79. The van der Waals surface area contributed by atoms with Crippen molar-refractivity contribution in [3.8, 4) is 0 Å². The molecule has 5 nitrogen and oxygen atoms in total. The van der Waals surface area contributed by atoms with E-state index in [0.717, 1.165) is 12.0 Å². The van der Waals surface area contributed by atoms with Crippen molar-refractivity contribution in [2.45, 2.75) is 25.5 Å². The average Bonchev–Trinajstić information content (AvgIpc) is 2.40. The molecule has 0 spiro atoms. The van der Waals surface area contributed by atoms with Crippen molar-refractivity contribution in [3.63, 3.8) is 0 Å². The highest BCUT2D eigenvalue weighted by molar-refractivity contribution is 7.99. The van der Waals surface area contributed by atoms with Crippen LogP contribution in [0.4, 0.5) is 10.5 Å². The van der Waals surface area contributed by atoms with Gasteiger partial charge in [0, 0.05) is 17.5 Å². The van der Waals surface area contributed by atoms with E-state index in [1.54, 1.807) is 17.8 Å². The Labute approximate surface area is 123 Å². The van der Waals surface area contributed by atoms with Gasteiger partial charge in [-0.3, -0.25) is 0 Å². The predicted molar refractivity (Wildman–Crippen MR) is 82.8 cm³/mol. The summed E-state index contributed by atoms with van der Waals surface area (Å²) in [5.74, 6) is -1.01. The van der Waals surface area contributed by atoms with Crippen LogP contribution in [0.3, 0.4) is 0 Å². The van der Waals surface area contributed by atoms with Gasteiger partial charge in [-0.2, -0.15) is 11.8 Å². The number of urea groups is 1. The Hall–Kier alpha value is -1.69. The van der Waals surface area contributed by atoms with Gasteiger partial charge in [0.2, 0.25) is 0 Å². The summed E-state index contributed by atoms with van der Waals surface area (Å²) in [5, 5.41) is 14.9. The molecule has 0 aliphatic heterocycles. The Bertz CT molecular complexity index is 491. The normalized spacial score (nSPS) is 11.8. The van der Waals surface area contributed by atoms with Crippen LogP contribution in [0, 0.1) is 6.92 Å². The monoisotopic (exact) mass is 296 g/mol. The van der Waals surface area contributed by atoms with E-state index in [1.165, 1.54) is 12.1 Å². The number of hydrogen-bond donors (Lipinski definition) is 3. The van der Waals surface area contributed by atoms with E-state index < -0.39 is 5.97 Å². The van der Waals surface area contributed by atoms with Crippen LogP contribution < -0.4 is 10.6 Å². The Morgan fingerprint density at radius 3 is 2.70 bits per heavy atom. The fourth-order valence-electron chi connectivity index (χ4n) is 1.56. The van der Waals surface area contributed by atoms with Crippen LogP contribution in [-0.4, -0.2) is 35.2 Å². The maximum absolute atomic E-state index is 11.7. The predicted octanol–water partition coefficient (Wildman–Crippen LogP) is 2.96. The first-order chi connectivity index (χ1) is 9.43. The Balaban J connectivity index is 2.57. The maximum atomic E-state index is 11.7. The van der Waals surface area contributed by atoms with Crippen molar-refractivity contribution in [1.29, 1.82) is 0 Å². The van der Waals surface area contributed by atoms with Gasteiger partial charge in [0.25, 0.3) is 0 Å². The summed E-state index contributed by atoms with van der Waals surface area (Å²) in [4.78, 5) is 22.6. The first-order valence-corrected chi connectivity index (χ1v) is 7.64. The van der Waals surface area contributed by atoms with Crippen LogP contribution in [0.25, 0.3) is 0 Å². The molecule has 0 aromatic heterocycles. The molecule has 2 amide bonds. The molecule has 0 aliphatic carbocycles. The fourth-order valence-corrected chi connectivity index (χ4v) is 1.92. The fraction of sp³-hybridized carbons (Fsp3) is 0.429. The molecule has 1 aromatic carbocycles. The minimum absolute atomic E-state index is 0.155. The molecule has 110 valence electrons. The number of carbonyl (C=O) groups excluding carboxylic acids is 1. The molecule has 0 aliphatic rings. The molecule has 0 bridgehead atoms. The van der Waals surface area contributed by atoms with Crippen LogP contribution >= 0.6 is 11.8 Å². The number of rotatable bonds is 6. The van der Waals surface area contributed by atoms with E-state index in [2.05, 4.69) is 17.6 Å². The van der Waals surface area contributed by atoms with E-state index >= 15 is 0 Å². The van der Waals surface area contributed by atoms with Crippen molar-refractivity contribution >= 4 is 29.4 Å². The number of carbonyl (C=O) groups is 2. The van der Waals surface area contributed by atoms with E-state index in [4.69, 9.17) is 5.11 Å². The molecule has 1 atom stereocenters. The van der Waals surface area contributed by atoms with Gasteiger partial charge < -0.3 is 15.7 Å². The van der Waals surface area contributed by atoms with E-state index in [1.807, 2.05) is 13.2 Å². The molecule has 6 heteroatoms. The topological polar surface area (TPSA) is 78.4 Å². The number of benzene rings is 1. The summed E-state index contributed by atoms with van der Waals surface area (Å²) in [7, 11) is 0. The lowest BCUT2D eigenvalue weighted by Crippen LogP contribution is -2.30. The number of anilines is 1. The molecule has 1 rings (SSSR count). The third-order valence-electron chi connectivity index (χ3n) is 2.97. The van der Waals surface area contributed by atoms with Crippen LogP contribution in [0.2, 0.25) is 0 Å². The third-order valence-corrected chi connectivity index (χ3v) is 4.01. The van der Waals surface area contributed by atoms with Gasteiger partial charge in [-0.05, 0) is 37.3 Å². The number of nitrogens with one attached hydrogen (secondary N) is 2. The standard InChI is InChI=1S/C14H20N2O3S/c1-9-4-5-11(13(17)18)8-12(9)16-14(19)15-7-6-10(2)20-3/h4-5,8,10H,6-7H2,1-3H3,(H,17,18)(H2,15,16,19). The van der Waals surface area contributed by atoms with Gasteiger partial charge in [-0.15, -0.1) is 0 Å². The lowest BCUT2D eigenvalue weighted by molar-refractivity contribution is 0.0697. The summed E-state index contributed by atoms with van der Waals surface area (Å²) in [6.07, 6.45) is 2.92. The van der Waals surface area contributed by atoms with Crippen LogP contribution in [0.5, 0.6) is 0 Å². The third kappa shape index (κ3) is 5.13. The summed E-state index contributed by atoms with van der Waals surface area (Å²) in [6, 6.07) is 4.33. The summed E-state index contributed by atoms with van der Waals surface area (Å²) in [5.41, 5.74) is 1.49. The Kier molecular flexibility index (Phi) is 6.38. The minimum Gasteiger partial charge on any atom is -0.478 e. The first kappa shape index (κ1) is 16.4. The Morgan fingerprint density at radius 1 is 1.40 bits per heavy atom. The molecule has 1 aromatic rings. The zero-order valence-corrected chi connectivity index (χ0v) is 12.7. The second-order valence-corrected chi connectivity index (χ2v) is 5.83. The minimum atomic E-state index is -1.01. The first-order valence-electron chi connectivity index (χ1n) is 6.35. The van der Waals surface area contributed by atoms with E-state index in [0.29, 0.717) is 17.5 Å². The molecule has 0 saturated heterocycles. The lowest BCUT2D eigenvalue weighted by Gasteiger charge is -2.12. The van der Waals surface area contributed by atoms with E-state index in [-0.39, 0.29) is 11.6 Å². The quantitative estimate of drug-likeness (QED) is 0.754. The molecular formula is C14H20N2O3S. The van der Waals surface area contributed by atoms with Crippen molar-refractivity contribution in [2.24, 2.45) is 0 Å². The zero-order valence-electron chi connectivity index (χ0n) is 11.9. The summed E-state index contributed by atoms with van der Waals surface area (Å²) in [6.45, 7) is 4.51. The van der Waals surface area contributed by atoms with Crippen molar-refractivity contribution < 1.29 is 14.7 Å². The smallest absolute Gasteiger partial charge is 0.335 e. The number of carboxylic acid groups (broad SMARTS) is 1. The molecule has 3 N–H and O–H groups in total. The van der Waals surface area contributed by atoms with Gasteiger partial charge in [-0.25, -0.2) is 9.59 Å². The molecule has 0 heterocycles. The SMILES string of the molecule is CSC(C)CCNC(=O)Nc1cc(C(=O)O)ccc1C. The summed E-state index contributed by atoms with van der Waals surface area (Å²) < 4.78 is 0. The molecule has 1 unspecified atom stereocenters.